The summed E-state index contributed by atoms with van der Waals surface area (Å²) in [5, 5.41) is 17.0. The zero-order valence-corrected chi connectivity index (χ0v) is 17.1. The zero-order valence-electron chi connectivity index (χ0n) is 16.3. The predicted molar refractivity (Wildman–Crippen MR) is 103 cm³/mol. The minimum absolute atomic E-state index is 0.0616. The van der Waals surface area contributed by atoms with Crippen molar-refractivity contribution in [3.05, 3.63) is 38.4 Å². The van der Waals surface area contributed by atoms with Crippen molar-refractivity contribution in [2.45, 2.75) is 40.3 Å². The van der Waals surface area contributed by atoms with E-state index in [1.54, 1.807) is 27.7 Å². The summed E-state index contributed by atoms with van der Waals surface area (Å²) in [4.78, 5) is 47.2. The standard InChI is InChI=1S/C17H20N4O7S/c1-5-27-17(24)14-10(4)13(16(23)28-9(2)3)15(29-14)18-12(22)8-20-7-6-11(19-20)21(25)26/h6-7,9H,5,8H2,1-4H3,(H,18,22). The molecule has 0 aliphatic carbocycles. The topological polar surface area (TPSA) is 143 Å². The highest BCUT2D eigenvalue weighted by Crippen LogP contribution is 2.34. The third-order valence-electron chi connectivity index (χ3n) is 3.53. The molecule has 2 rings (SSSR count). The van der Waals surface area contributed by atoms with Crippen LogP contribution in [-0.4, -0.2) is 45.3 Å². The lowest BCUT2D eigenvalue weighted by molar-refractivity contribution is -0.389. The molecule has 0 saturated carbocycles. The predicted octanol–water partition coefficient (Wildman–Crippen LogP) is 2.54. The smallest absolute Gasteiger partial charge is 0.389 e. The first-order valence-electron chi connectivity index (χ1n) is 8.63. The molecular formula is C17H20N4O7S. The molecule has 29 heavy (non-hydrogen) atoms. The van der Waals surface area contributed by atoms with Gasteiger partial charge in [0.25, 0.3) is 0 Å². The highest BCUT2D eigenvalue weighted by atomic mass is 32.1. The number of nitro groups is 1. The molecule has 156 valence electrons. The van der Waals surface area contributed by atoms with Gasteiger partial charge in [0, 0.05) is 0 Å². The Kier molecular flexibility index (Phi) is 7.04. The summed E-state index contributed by atoms with van der Waals surface area (Å²) in [6.45, 7) is 6.40. The van der Waals surface area contributed by atoms with E-state index in [-0.39, 0.29) is 28.6 Å². The molecule has 0 aromatic carbocycles. The van der Waals surface area contributed by atoms with Crippen molar-refractivity contribution < 1.29 is 28.8 Å². The Bertz CT molecular complexity index is 948. The molecule has 11 nitrogen and oxygen atoms in total. The van der Waals surface area contributed by atoms with E-state index < -0.39 is 34.7 Å². The Morgan fingerprint density at radius 1 is 1.34 bits per heavy atom. The fraction of sp³-hybridized carbons (Fsp3) is 0.412. The Morgan fingerprint density at radius 2 is 2.03 bits per heavy atom. The lowest BCUT2D eigenvalue weighted by Crippen LogP contribution is -2.21. The van der Waals surface area contributed by atoms with Crippen LogP contribution in [0.1, 0.15) is 46.4 Å². The highest BCUT2D eigenvalue weighted by Gasteiger charge is 2.28. The molecule has 2 aromatic heterocycles. The molecule has 0 unspecified atom stereocenters. The van der Waals surface area contributed by atoms with Gasteiger partial charge in [0.05, 0.1) is 35.6 Å². The maximum absolute atomic E-state index is 12.5. The number of rotatable bonds is 8. The van der Waals surface area contributed by atoms with Crippen LogP contribution in [0.15, 0.2) is 12.3 Å². The average Bonchev–Trinajstić information content (AvgIpc) is 3.19. The summed E-state index contributed by atoms with van der Waals surface area (Å²) in [5.74, 6) is -2.28. The van der Waals surface area contributed by atoms with E-state index in [1.807, 2.05) is 0 Å². The molecule has 0 saturated heterocycles. The average molecular weight is 424 g/mol. The molecule has 2 heterocycles. The Hall–Kier alpha value is -3.28. The molecule has 0 aliphatic rings. The van der Waals surface area contributed by atoms with Crippen LogP contribution in [0.5, 0.6) is 0 Å². The van der Waals surface area contributed by atoms with E-state index in [1.165, 1.54) is 6.20 Å². The van der Waals surface area contributed by atoms with Crippen LogP contribution < -0.4 is 5.32 Å². The maximum Gasteiger partial charge on any atom is 0.389 e. The van der Waals surface area contributed by atoms with Gasteiger partial charge in [0.1, 0.15) is 16.4 Å². The number of carbonyl (C=O) groups is 3. The molecule has 0 bridgehead atoms. The van der Waals surface area contributed by atoms with Crippen LogP contribution in [0, 0.1) is 17.0 Å². The van der Waals surface area contributed by atoms with Gasteiger partial charge in [-0.3, -0.25) is 4.79 Å². The first-order chi connectivity index (χ1) is 13.6. The third kappa shape index (κ3) is 5.38. The van der Waals surface area contributed by atoms with Gasteiger partial charge in [-0.2, -0.15) is 4.68 Å². The number of nitrogens with zero attached hydrogens (tertiary/aromatic N) is 3. The maximum atomic E-state index is 12.5. The lowest BCUT2D eigenvalue weighted by atomic mass is 10.1. The fourth-order valence-electron chi connectivity index (χ4n) is 2.36. The summed E-state index contributed by atoms with van der Waals surface area (Å²) < 4.78 is 11.3. The minimum Gasteiger partial charge on any atom is -0.462 e. The molecule has 1 N–H and O–H groups in total. The van der Waals surface area contributed by atoms with Gasteiger partial charge in [-0.1, -0.05) is 0 Å². The highest BCUT2D eigenvalue weighted by molar-refractivity contribution is 7.18. The van der Waals surface area contributed by atoms with Crippen molar-refractivity contribution in [2.24, 2.45) is 0 Å². The van der Waals surface area contributed by atoms with Crippen molar-refractivity contribution in [1.82, 2.24) is 9.78 Å². The monoisotopic (exact) mass is 424 g/mol. The summed E-state index contributed by atoms with van der Waals surface area (Å²) in [5.41, 5.74) is 0.399. The molecular weight excluding hydrogens is 404 g/mol. The van der Waals surface area contributed by atoms with E-state index in [0.29, 0.717) is 5.56 Å². The lowest BCUT2D eigenvalue weighted by Gasteiger charge is -2.10. The van der Waals surface area contributed by atoms with Crippen LogP contribution in [0.2, 0.25) is 0 Å². The van der Waals surface area contributed by atoms with E-state index in [4.69, 9.17) is 9.47 Å². The van der Waals surface area contributed by atoms with Gasteiger partial charge in [-0.05, 0) is 38.2 Å². The van der Waals surface area contributed by atoms with E-state index in [2.05, 4.69) is 10.4 Å². The second-order valence-electron chi connectivity index (χ2n) is 6.11. The van der Waals surface area contributed by atoms with Crippen LogP contribution in [-0.2, 0) is 20.8 Å². The number of aromatic nitrogens is 2. The van der Waals surface area contributed by atoms with Crippen LogP contribution in [0.25, 0.3) is 0 Å². The second-order valence-corrected chi connectivity index (χ2v) is 7.13. The first-order valence-corrected chi connectivity index (χ1v) is 9.44. The van der Waals surface area contributed by atoms with Gasteiger partial charge in [-0.25, -0.2) is 9.59 Å². The summed E-state index contributed by atoms with van der Waals surface area (Å²) in [6.07, 6.45) is 0.885. The quantitative estimate of drug-likeness (QED) is 0.387. The Morgan fingerprint density at radius 3 is 2.59 bits per heavy atom. The molecule has 0 radical (unpaired) electrons. The number of hydrogen-bond acceptors (Lipinski definition) is 9. The molecule has 0 aliphatic heterocycles. The van der Waals surface area contributed by atoms with Crippen molar-refractivity contribution in [1.29, 1.82) is 0 Å². The van der Waals surface area contributed by atoms with Crippen molar-refractivity contribution in [2.75, 3.05) is 11.9 Å². The number of thiophene rings is 1. The fourth-order valence-corrected chi connectivity index (χ4v) is 3.47. The van der Waals surface area contributed by atoms with Gasteiger partial charge >= 0.3 is 17.8 Å². The SMILES string of the molecule is CCOC(=O)c1sc(NC(=O)Cn2ccc([N+](=O)[O-])n2)c(C(=O)OC(C)C)c1C. The molecule has 1 amide bonds. The molecule has 0 spiro atoms. The van der Waals surface area contributed by atoms with Crippen molar-refractivity contribution >= 4 is 40.0 Å². The summed E-state index contributed by atoms with van der Waals surface area (Å²) in [6, 6.07) is 1.16. The van der Waals surface area contributed by atoms with Gasteiger partial charge in [0.2, 0.25) is 5.91 Å². The Labute approximate surface area is 169 Å². The second kappa shape index (κ2) is 9.28. The number of carbonyl (C=O) groups excluding carboxylic acids is 3. The summed E-state index contributed by atoms with van der Waals surface area (Å²) >= 11 is 0.893. The molecule has 0 fully saturated rings. The van der Waals surface area contributed by atoms with Crippen molar-refractivity contribution in [3.8, 4) is 0 Å². The van der Waals surface area contributed by atoms with Crippen molar-refractivity contribution in [3.63, 3.8) is 0 Å². The minimum atomic E-state index is -0.686. The number of amides is 1. The van der Waals surface area contributed by atoms with E-state index in [9.17, 15) is 24.5 Å². The van der Waals surface area contributed by atoms with E-state index >= 15 is 0 Å². The number of nitrogens with one attached hydrogen (secondary N) is 1. The Balaban J connectivity index is 2.29. The first kappa shape index (κ1) is 22.0. The number of hydrogen-bond donors (Lipinski definition) is 1. The molecule has 12 heteroatoms. The molecule has 2 aromatic rings. The van der Waals surface area contributed by atoms with Gasteiger partial charge < -0.3 is 24.9 Å². The van der Waals surface area contributed by atoms with Gasteiger partial charge in [0.15, 0.2) is 0 Å². The third-order valence-corrected chi connectivity index (χ3v) is 4.71. The van der Waals surface area contributed by atoms with Crippen LogP contribution >= 0.6 is 11.3 Å². The largest absolute Gasteiger partial charge is 0.462 e. The number of anilines is 1. The molecule has 0 atom stereocenters. The summed E-state index contributed by atoms with van der Waals surface area (Å²) in [7, 11) is 0. The van der Waals surface area contributed by atoms with Gasteiger partial charge in [-0.15, -0.1) is 11.3 Å². The van der Waals surface area contributed by atoms with E-state index in [0.717, 1.165) is 22.1 Å². The number of ether oxygens (including phenoxy) is 2. The van der Waals surface area contributed by atoms with Crippen LogP contribution in [0.4, 0.5) is 10.8 Å². The van der Waals surface area contributed by atoms with Crippen LogP contribution in [0.3, 0.4) is 0 Å². The normalized spacial score (nSPS) is 10.7. The zero-order chi connectivity index (χ0) is 21.7. The number of esters is 2.